The summed E-state index contributed by atoms with van der Waals surface area (Å²) < 4.78 is 38.0. The average Bonchev–Trinajstić information content (AvgIpc) is 2.67. The highest BCUT2D eigenvalue weighted by atomic mass is 19.4. The minimum atomic E-state index is -4.46. The van der Waals surface area contributed by atoms with Gasteiger partial charge in [-0.25, -0.2) is 9.97 Å². The highest BCUT2D eigenvalue weighted by molar-refractivity contribution is 5.94. The minimum Gasteiger partial charge on any atom is -0.383 e. The fraction of sp³-hybridized carbons (Fsp3) is 0.368. The number of aliphatic hydroxyl groups is 1. The maximum atomic E-state index is 12.7. The van der Waals surface area contributed by atoms with Gasteiger partial charge in [-0.05, 0) is 37.1 Å². The molecule has 1 aromatic heterocycles. The first kappa shape index (κ1) is 20.7. The summed E-state index contributed by atoms with van der Waals surface area (Å²) in [5.41, 5.74) is -1.63. The number of hydrogen-bond acceptors (Lipinski definition) is 5. The summed E-state index contributed by atoms with van der Waals surface area (Å²) in [6, 6.07) is 5.52. The third-order valence-corrected chi connectivity index (χ3v) is 4.78. The fourth-order valence-corrected chi connectivity index (χ4v) is 3.18. The topological polar surface area (TPSA) is 95.4 Å². The van der Waals surface area contributed by atoms with Crippen molar-refractivity contribution in [3.63, 3.8) is 0 Å². The van der Waals surface area contributed by atoms with Crippen LogP contribution in [0.3, 0.4) is 0 Å². The molecule has 3 rings (SSSR count). The summed E-state index contributed by atoms with van der Waals surface area (Å²) in [6.45, 7) is 1.74. The summed E-state index contributed by atoms with van der Waals surface area (Å²) >= 11 is 0. The third-order valence-electron chi connectivity index (χ3n) is 4.78. The van der Waals surface area contributed by atoms with E-state index in [1.165, 1.54) is 24.2 Å². The van der Waals surface area contributed by atoms with Crippen LogP contribution in [-0.2, 0) is 16.6 Å². The summed E-state index contributed by atoms with van der Waals surface area (Å²) in [5.74, 6) is -0.444. The van der Waals surface area contributed by atoms with E-state index in [4.69, 9.17) is 0 Å². The second-order valence-electron chi connectivity index (χ2n) is 6.87. The first-order chi connectivity index (χ1) is 13.6. The summed E-state index contributed by atoms with van der Waals surface area (Å²) in [7, 11) is 0. The second kappa shape index (κ2) is 7.78. The number of halogens is 3. The summed E-state index contributed by atoms with van der Waals surface area (Å²) in [6.07, 6.45) is -2.85. The Balaban J connectivity index is 1.68. The molecule has 1 aromatic carbocycles. The Bertz CT molecular complexity index is 908. The van der Waals surface area contributed by atoms with E-state index in [9.17, 15) is 27.9 Å². The molecule has 0 aliphatic carbocycles. The molecule has 0 bridgehead atoms. The largest absolute Gasteiger partial charge is 0.416 e. The standard InChI is InChI=1S/C19H19F3N4O3/c1-12(27)25-16-10-15(23-11-24-16)18(29)6-8-26(9-7-18)17(28)13-2-4-14(5-3-13)19(20,21)22/h2-5,10-11,29H,6-9H2,1H3,(H,23,24,25,27). The summed E-state index contributed by atoms with van der Waals surface area (Å²) in [5, 5.41) is 13.5. The number of anilines is 1. The Morgan fingerprint density at radius 2 is 1.76 bits per heavy atom. The van der Waals surface area contributed by atoms with Crippen LogP contribution < -0.4 is 5.32 Å². The van der Waals surface area contributed by atoms with Gasteiger partial charge < -0.3 is 15.3 Å². The average molecular weight is 408 g/mol. The van der Waals surface area contributed by atoms with E-state index < -0.39 is 23.2 Å². The number of carbonyl (C=O) groups excluding carboxylic acids is 2. The molecule has 29 heavy (non-hydrogen) atoms. The molecular formula is C19H19F3N4O3. The van der Waals surface area contributed by atoms with Crippen molar-refractivity contribution in [3.05, 3.63) is 53.5 Å². The maximum absolute atomic E-state index is 12.7. The molecule has 0 atom stereocenters. The Morgan fingerprint density at radius 1 is 1.14 bits per heavy atom. The lowest BCUT2D eigenvalue weighted by Gasteiger charge is -2.37. The Hall–Kier alpha value is -3.01. The van der Waals surface area contributed by atoms with Crippen LogP contribution in [0.25, 0.3) is 0 Å². The molecular weight excluding hydrogens is 389 g/mol. The van der Waals surface area contributed by atoms with Crippen LogP contribution in [0.2, 0.25) is 0 Å². The van der Waals surface area contributed by atoms with E-state index in [-0.39, 0.29) is 43.2 Å². The highest BCUT2D eigenvalue weighted by Gasteiger charge is 2.37. The number of aromatic nitrogens is 2. The number of carbonyl (C=O) groups is 2. The highest BCUT2D eigenvalue weighted by Crippen LogP contribution is 2.33. The quantitative estimate of drug-likeness (QED) is 0.814. The van der Waals surface area contributed by atoms with E-state index >= 15 is 0 Å². The van der Waals surface area contributed by atoms with E-state index in [2.05, 4.69) is 15.3 Å². The van der Waals surface area contributed by atoms with Crippen LogP contribution in [0.1, 0.15) is 41.4 Å². The van der Waals surface area contributed by atoms with Crippen molar-refractivity contribution in [2.45, 2.75) is 31.5 Å². The van der Waals surface area contributed by atoms with E-state index in [1.54, 1.807) is 0 Å². The number of amides is 2. The molecule has 2 amide bonds. The van der Waals surface area contributed by atoms with Gasteiger partial charge in [0.25, 0.3) is 5.91 Å². The predicted octanol–water partition coefficient (Wildman–Crippen LogP) is 2.58. The van der Waals surface area contributed by atoms with Crippen molar-refractivity contribution in [2.24, 2.45) is 0 Å². The number of nitrogens with one attached hydrogen (secondary N) is 1. The first-order valence-corrected chi connectivity index (χ1v) is 8.87. The molecule has 2 N–H and O–H groups in total. The molecule has 2 aromatic rings. The molecule has 1 saturated heterocycles. The van der Waals surface area contributed by atoms with Gasteiger partial charge in [0.2, 0.25) is 5.91 Å². The van der Waals surface area contributed by atoms with Crippen LogP contribution in [0.5, 0.6) is 0 Å². The zero-order valence-electron chi connectivity index (χ0n) is 15.5. The van der Waals surface area contributed by atoms with Gasteiger partial charge in [0.15, 0.2) is 0 Å². The zero-order valence-corrected chi connectivity index (χ0v) is 15.5. The van der Waals surface area contributed by atoms with Gasteiger partial charge in [-0.3, -0.25) is 9.59 Å². The molecule has 0 radical (unpaired) electrons. The normalized spacial score (nSPS) is 16.4. The fourth-order valence-electron chi connectivity index (χ4n) is 3.18. The van der Waals surface area contributed by atoms with Crippen molar-refractivity contribution in [1.29, 1.82) is 0 Å². The van der Waals surface area contributed by atoms with Crippen LogP contribution in [0.4, 0.5) is 19.0 Å². The molecule has 1 aliphatic rings. The van der Waals surface area contributed by atoms with Crippen molar-refractivity contribution in [2.75, 3.05) is 18.4 Å². The van der Waals surface area contributed by atoms with Crippen molar-refractivity contribution in [1.82, 2.24) is 14.9 Å². The van der Waals surface area contributed by atoms with Gasteiger partial charge in [-0.15, -0.1) is 0 Å². The SMILES string of the molecule is CC(=O)Nc1cc(C2(O)CCN(C(=O)c3ccc(C(F)(F)F)cc3)CC2)ncn1. The second-order valence-corrected chi connectivity index (χ2v) is 6.87. The number of hydrogen-bond donors (Lipinski definition) is 2. The van der Waals surface area contributed by atoms with Crippen LogP contribution in [0, 0.1) is 0 Å². The molecule has 2 heterocycles. The van der Waals surface area contributed by atoms with E-state index in [0.29, 0.717) is 5.69 Å². The lowest BCUT2D eigenvalue weighted by atomic mass is 9.87. The van der Waals surface area contributed by atoms with Crippen LogP contribution in [0.15, 0.2) is 36.7 Å². The van der Waals surface area contributed by atoms with Gasteiger partial charge in [0.1, 0.15) is 17.7 Å². The maximum Gasteiger partial charge on any atom is 0.416 e. The Labute approximate surface area is 164 Å². The van der Waals surface area contributed by atoms with Crippen molar-refractivity contribution < 1.29 is 27.9 Å². The monoisotopic (exact) mass is 408 g/mol. The number of benzene rings is 1. The van der Waals surface area contributed by atoms with E-state index in [0.717, 1.165) is 24.3 Å². The molecule has 7 nitrogen and oxygen atoms in total. The Kier molecular flexibility index (Phi) is 5.56. The van der Waals surface area contributed by atoms with Gasteiger partial charge in [-0.1, -0.05) is 0 Å². The van der Waals surface area contributed by atoms with Crippen LogP contribution >= 0.6 is 0 Å². The van der Waals surface area contributed by atoms with Crippen molar-refractivity contribution >= 4 is 17.6 Å². The third kappa shape index (κ3) is 4.70. The lowest BCUT2D eigenvalue weighted by Crippen LogP contribution is -2.45. The number of likely N-dealkylation sites (tertiary alicyclic amines) is 1. The number of alkyl halides is 3. The van der Waals surface area contributed by atoms with Gasteiger partial charge in [0.05, 0.1) is 11.3 Å². The van der Waals surface area contributed by atoms with Crippen molar-refractivity contribution in [3.8, 4) is 0 Å². The minimum absolute atomic E-state index is 0.151. The van der Waals surface area contributed by atoms with Gasteiger partial charge in [-0.2, -0.15) is 13.2 Å². The zero-order chi connectivity index (χ0) is 21.2. The molecule has 0 spiro atoms. The smallest absolute Gasteiger partial charge is 0.383 e. The number of nitrogens with zero attached hydrogens (tertiary/aromatic N) is 3. The molecule has 154 valence electrons. The molecule has 0 saturated carbocycles. The summed E-state index contributed by atoms with van der Waals surface area (Å²) in [4.78, 5) is 33.2. The lowest BCUT2D eigenvalue weighted by molar-refractivity contribution is -0.137. The molecule has 0 unspecified atom stereocenters. The molecule has 10 heteroatoms. The van der Waals surface area contributed by atoms with Crippen LogP contribution in [-0.4, -0.2) is 44.9 Å². The van der Waals surface area contributed by atoms with Gasteiger partial charge in [0, 0.05) is 31.6 Å². The van der Waals surface area contributed by atoms with E-state index in [1.807, 2.05) is 0 Å². The predicted molar refractivity (Wildman–Crippen MR) is 96.8 cm³/mol. The Morgan fingerprint density at radius 3 is 2.31 bits per heavy atom. The number of rotatable bonds is 3. The first-order valence-electron chi connectivity index (χ1n) is 8.87. The molecule has 1 aliphatic heterocycles. The molecule has 1 fully saturated rings. The number of piperidine rings is 1. The van der Waals surface area contributed by atoms with Gasteiger partial charge >= 0.3 is 6.18 Å².